The van der Waals surface area contributed by atoms with Gasteiger partial charge in [0.05, 0.1) is 6.61 Å². The second kappa shape index (κ2) is 39.3. The van der Waals surface area contributed by atoms with Gasteiger partial charge in [0, 0.05) is 12.8 Å². The molecule has 1 N–H and O–H groups in total. The van der Waals surface area contributed by atoms with E-state index in [9.17, 15) is 19.0 Å². The van der Waals surface area contributed by atoms with E-state index in [4.69, 9.17) is 14.4 Å². The molecule has 286 valence electrons. The molecule has 0 amide bonds. The molecule has 0 radical (unpaired) electrons. The molecule has 0 saturated heterocycles. The van der Waals surface area contributed by atoms with Gasteiger partial charge in [-0.15, -0.1) is 0 Å². The van der Waals surface area contributed by atoms with Crippen LogP contribution in [0.4, 0.5) is 0 Å². The normalized spacial score (nSPS) is 13.1. The average Bonchev–Trinajstić information content (AvgIpc) is 3.05. The van der Waals surface area contributed by atoms with Gasteiger partial charge in [0.1, 0.15) is 6.61 Å². The molecular weight excluding hydrogens is 650 g/mol. The Labute approximate surface area is 324 Å². The van der Waals surface area contributed by atoms with Crippen LogP contribution in [-0.4, -0.2) is 36.1 Å². The van der Waals surface area contributed by atoms with Crippen molar-refractivity contribution in [2.75, 3.05) is 13.2 Å². The van der Waals surface area contributed by atoms with E-state index in [0.29, 0.717) is 6.42 Å². The van der Waals surface area contributed by atoms with Crippen LogP contribution < -0.4 is 34.5 Å². The first kappa shape index (κ1) is 51.2. The third-order valence-electron chi connectivity index (χ3n) is 9.12. The summed E-state index contributed by atoms with van der Waals surface area (Å²) in [4.78, 5) is 44.6. The molecule has 0 aromatic rings. The summed E-state index contributed by atoms with van der Waals surface area (Å²) in [7, 11) is -4.99. The summed E-state index contributed by atoms with van der Waals surface area (Å²) in [5, 5.41) is 0. The number of carbonyl (C=O) groups excluding carboxylic acids is 2. The monoisotopic (exact) mass is 727 g/mol. The third kappa shape index (κ3) is 42.4. The Balaban J connectivity index is 0. The standard InChI is InChI=1S/C39H77O8P.Na/c1-3-5-7-9-11-13-15-17-19-21-23-25-27-29-31-33-38(40)45-35-37(36-46-48(42,43)44)47-39(41)34-32-30-28-26-24-22-20-18-16-14-12-10-8-6-4-2;/h37H,3-36H2,1-2H3,(H2,42,43,44);/q;+1/p-1. The summed E-state index contributed by atoms with van der Waals surface area (Å²) < 4.78 is 26.1. The van der Waals surface area contributed by atoms with Gasteiger partial charge in [-0.3, -0.25) is 14.2 Å². The van der Waals surface area contributed by atoms with Gasteiger partial charge in [0.25, 0.3) is 7.82 Å². The zero-order chi connectivity index (χ0) is 35.4. The van der Waals surface area contributed by atoms with Crippen molar-refractivity contribution in [1.29, 1.82) is 0 Å². The van der Waals surface area contributed by atoms with Crippen LogP contribution in [0.25, 0.3) is 0 Å². The summed E-state index contributed by atoms with van der Waals surface area (Å²) in [6, 6.07) is 0. The largest absolute Gasteiger partial charge is 1.00 e. The smallest absolute Gasteiger partial charge is 0.756 e. The number of hydrogen-bond donors (Lipinski definition) is 1. The topological polar surface area (TPSA) is 122 Å². The van der Waals surface area contributed by atoms with Crippen LogP contribution in [0.1, 0.15) is 219 Å². The average molecular weight is 727 g/mol. The van der Waals surface area contributed by atoms with E-state index in [1.165, 1.54) is 148 Å². The van der Waals surface area contributed by atoms with E-state index in [0.717, 1.165) is 38.5 Å². The Morgan fingerprint density at radius 1 is 0.510 bits per heavy atom. The molecule has 10 heteroatoms. The van der Waals surface area contributed by atoms with E-state index in [-0.39, 0.29) is 49.0 Å². The zero-order valence-corrected chi connectivity index (χ0v) is 35.3. The first-order chi connectivity index (χ1) is 23.3. The maximum Gasteiger partial charge on any atom is 1.00 e. The van der Waals surface area contributed by atoms with Crippen molar-refractivity contribution < 1.29 is 67.5 Å². The van der Waals surface area contributed by atoms with Crippen LogP contribution in [0, 0.1) is 0 Å². The predicted molar refractivity (Wildman–Crippen MR) is 196 cm³/mol. The van der Waals surface area contributed by atoms with Gasteiger partial charge in [-0.05, 0) is 12.8 Å². The van der Waals surface area contributed by atoms with Crippen molar-refractivity contribution in [2.45, 2.75) is 225 Å². The molecule has 2 atom stereocenters. The molecule has 49 heavy (non-hydrogen) atoms. The Morgan fingerprint density at radius 2 is 0.796 bits per heavy atom. The number of unbranched alkanes of at least 4 members (excludes halogenated alkanes) is 28. The van der Waals surface area contributed by atoms with Crippen molar-refractivity contribution >= 4 is 19.8 Å². The van der Waals surface area contributed by atoms with Gasteiger partial charge in [0.2, 0.25) is 0 Å². The minimum Gasteiger partial charge on any atom is -0.756 e. The molecule has 0 bridgehead atoms. The van der Waals surface area contributed by atoms with Gasteiger partial charge >= 0.3 is 41.5 Å². The van der Waals surface area contributed by atoms with Crippen molar-refractivity contribution in [3.63, 3.8) is 0 Å². The van der Waals surface area contributed by atoms with Gasteiger partial charge < -0.3 is 23.8 Å². The van der Waals surface area contributed by atoms with E-state index >= 15 is 0 Å². The number of phosphoric acid groups is 1. The third-order valence-corrected chi connectivity index (χ3v) is 9.60. The number of esters is 2. The molecule has 8 nitrogen and oxygen atoms in total. The molecule has 0 saturated carbocycles. The Hall–Kier alpha value is 0.0500. The number of hydrogen-bond acceptors (Lipinski definition) is 7. The minimum atomic E-state index is -4.99. The molecule has 0 fully saturated rings. The number of carbonyl (C=O) groups is 2. The van der Waals surface area contributed by atoms with Crippen LogP contribution in [0.5, 0.6) is 0 Å². The maximum absolute atomic E-state index is 12.4. The van der Waals surface area contributed by atoms with Crippen molar-refractivity contribution in [2.24, 2.45) is 0 Å². The van der Waals surface area contributed by atoms with Crippen LogP contribution in [0.15, 0.2) is 0 Å². The molecule has 0 aliphatic heterocycles. The second-order valence-corrected chi connectivity index (χ2v) is 15.2. The summed E-state index contributed by atoms with van der Waals surface area (Å²) in [5.41, 5.74) is 0. The maximum atomic E-state index is 12.4. The first-order valence-electron chi connectivity index (χ1n) is 20.3. The van der Waals surface area contributed by atoms with E-state index in [2.05, 4.69) is 18.4 Å². The summed E-state index contributed by atoms with van der Waals surface area (Å²) in [5.74, 6) is -0.905. The van der Waals surface area contributed by atoms with E-state index in [1.54, 1.807) is 0 Å². The van der Waals surface area contributed by atoms with Crippen molar-refractivity contribution in [3.8, 4) is 0 Å². The second-order valence-electron chi connectivity index (χ2n) is 14.0. The molecule has 0 rings (SSSR count). The Bertz CT molecular complexity index is 763. The predicted octanol–water partition coefficient (Wildman–Crippen LogP) is 8.45. The fourth-order valence-electron chi connectivity index (χ4n) is 6.08. The molecule has 0 aliphatic carbocycles. The molecule has 0 spiro atoms. The number of rotatable bonds is 38. The van der Waals surface area contributed by atoms with Crippen LogP contribution in [-0.2, 0) is 28.2 Å². The minimum absolute atomic E-state index is 0. The first-order valence-corrected chi connectivity index (χ1v) is 21.8. The van der Waals surface area contributed by atoms with Gasteiger partial charge in [-0.25, -0.2) is 0 Å². The SMILES string of the molecule is CCCCCCCCCCCCCCCCCC(=O)OCC(COP(=O)([O-])O)OC(=O)CCCCCCCCCCCCCCCCC.[Na+]. The quantitative estimate of drug-likeness (QED) is 0.0291. The van der Waals surface area contributed by atoms with Gasteiger partial charge in [-0.1, -0.05) is 194 Å². The van der Waals surface area contributed by atoms with Gasteiger partial charge in [-0.2, -0.15) is 0 Å². The zero-order valence-electron chi connectivity index (χ0n) is 32.4. The molecular formula is C39H76NaO8P. The van der Waals surface area contributed by atoms with E-state index in [1.807, 2.05) is 0 Å². The Kier molecular flexibility index (Phi) is 41.0. The van der Waals surface area contributed by atoms with Crippen LogP contribution >= 0.6 is 7.82 Å². The summed E-state index contributed by atoms with van der Waals surface area (Å²) >= 11 is 0. The molecule has 0 aromatic carbocycles. The fourth-order valence-corrected chi connectivity index (χ4v) is 6.43. The van der Waals surface area contributed by atoms with Crippen molar-refractivity contribution in [1.82, 2.24) is 0 Å². The number of phosphoric ester groups is 1. The number of ether oxygens (including phenoxy) is 2. The summed E-state index contributed by atoms with van der Waals surface area (Å²) in [6.45, 7) is 3.62. The van der Waals surface area contributed by atoms with Crippen LogP contribution in [0.2, 0.25) is 0 Å². The molecule has 0 aromatic heterocycles. The Morgan fingerprint density at radius 3 is 1.10 bits per heavy atom. The summed E-state index contributed by atoms with van der Waals surface area (Å²) in [6.07, 6.45) is 36.5. The molecule has 0 aliphatic rings. The fraction of sp³-hybridized carbons (Fsp3) is 0.949. The van der Waals surface area contributed by atoms with Crippen LogP contribution in [0.3, 0.4) is 0 Å². The molecule has 2 unspecified atom stereocenters. The van der Waals surface area contributed by atoms with E-state index < -0.39 is 32.5 Å². The van der Waals surface area contributed by atoms with Crippen molar-refractivity contribution in [3.05, 3.63) is 0 Å². The molecule has 0 heterocycles. The van der Waals surface area contributed by atoms with Gasteiger partial charge in [0.15, 0.2) is 6.10 Å².